The molecule has 4 aromatic heterocycles. The number of hydrogen-bond donors (Lipinski definition) is 2. The largest absolute Gasteiger partial charge is 0.473 e. The molecule has 0 fully saturated rings. The zero-order valence-electron chi connectivity index (χ0n) is 20.2. The van der Waals surface area contributed by atoms with Crippen molar-refractivity contribution in [2.75, 3.05) is 30.5 Å². The van der Waals surface area contributed by atoms with Gasteiger partial charge < -0.3 is 15.8 Å². The standard InChI is InChI=1S/C25H24N8O3S/c1-33-10-7-21(32-33)23-22(17-5-6-20-16(12-17)4-3-8-29-20)31-25(24(26)30-23)36-11-9-28-18-13-19(15-27-14-18)37(2,34)35/h3-8,10,12-15,28H,9,11H2,1-2H3,(H2,26,30). The fraction of sp³-hybridized carbons (Fsp3) is 0.160. The maximum atomic E-state index is 11.8. The van der Waals surface area contributed by atoms with Gasteiger partial charge in [0.25, 0.3) is 5.88 Å². The molecule has 0 radical (unpaired) electrons. The van der Waals surface area contributed by atoms with Gasteiger partial charge in [0, 0.05) is 49.4 Å². The average Bonchev–Trinajstić information content (AvgIpc) is 3.32. The number of nitrogen functional groups attached to an aromatic ring is 1. The second-order valence-corrected chi connectivity index (χ2v) is 10.4. The first-order chi connectivity index (χ1) is 17.8. The Kier molecular flexibility index (Phi) is 6.40. The molecule has 188 valence electrons. The number of pyridine rings is 2. The number of sulfone groups is 1. The number of fused-ring (bicyclic) bond motifs is 1. The number of anilines is 2. The van der Waals surface area contributed by atoms with E-state index in [0.717, 1.165) is 22.7 Å². The van der Waals surface area contributed by atoms with Crippen LogP contribution in [0.1, 0.15) is 0 Å². The van der Waals surface area contributed by atoms with Crippen molar-refractivity contribution in [2.24, 2.45) is 7.05 Å². The van der Waals surface area contributed by atoms with Crippen LogP contribution in [0.5, 0.6) is 5.88 Å². The zero-order chi connectivity index (χ0) is 26.0. The van der Waals surface area contributed by atoms with E-state index >= 15 is 0 Å². The maximum Gasteiger partial charge on any atom is 0.257 e. The van der Waals surface area contributed by atoms with E-state index < -0.39 is 9.84 Å². The van der Waals surface area contributed by atoms with Crippen molar-refractivity contribution in [3.05, 3.63) is 67.3 Å². The summed E-state index contributed by atoms with van der Waals surface area (Å²) < 4.78 is 31.1. The number of rotatable bonds is 8. The van der Waals surface area contributed by atoms with Crippen LogP contribution in [0.15, 0.2) is 72.1 Å². The SMILES string of the molecule is Cn1ccc(-c2nc(N)c(OCCNc3cncc(S(C)(=O)=O)c3)nc2-c2ccc3ncccc3c2)n1. The molecule has 1 aromatic carbocycles. The molecule has 0 saturated carbocycles. The molecule has 5 aromatic rings. The highest BCUT2D eigenvalue weighted by atomic mass is 32.2. The Morgan fingerprint density at radius 3 is 2.73 bits per heavy atom. The summed E-state index contributed by atoms with van der Waals surface area (Å²) in [6.45, 7) is 0.557. The first-order valence-electron chi connectivity index (χ1n) is 11.3. The summed E-state index contributed by atoms with van der Waals surface area (Å²) in [5.41, 5.74) is 10.2. The fourth-order valence-corrected chi connectivity index (χ4v) is 4.34. The predicted molar refractivity (Wildman–Crippen MR) is 141 cm³/mol. The topological polar surface area (TPSA) is 151 Å². The lowest BCUT2D eigenvalue weighted by Gasteiger charge is -2.13. The van der Waals surface area contributed by atoms with E-state index in [4.69, 9.17) is 15.5 Å². The van der Waals surface area contributed by atoms with Gasteiger partial charge in [-0.1, -0.05) is 12.1 Å². The minimum Gasteiger partial charge on any atom is -0.473 e. The third-order valence-corrected chi connectivity index (χ3v) is 6.61. The number of aromatic nitrogens is 6. The molecule has 0 bridgehead atoms. The van der Waals surface area contributed by atoms with Gasteiger partial charge in [0.05, 0.1) is 22.3 Å². The van der Waals surface area contributed by atoms with Crippen LogP contribution < -0.4 is 15.8 Å². The van der Waals surface area contributed by atoms with Crippen LogP contribution in [0, 0.1) is 0 Å². The van der Waals surface area contributed by atoms with Crippen molar-refractivity contribution in [2.45, 2.75) is 4.90 Å². The van der Waals surface area contributed by atoms with Crippen molar-refractivity contribution in [1.29, 1.82) is 0 Å². The summed E-state index contributed by atoms with van der Waals surface area (Å²) in [6.07, 6.45) is 7.55. The average molecular weight is 517 g/mol. The van der Waals surface area contributed by atoms with Gasteiger partial charge in [0.15, 0.2) is 15.7 Å². The number of nitrogens with one attached hydrogen (secondary N) is 1. The van der Waals surface area contributed by atoms with Crippen LogP contribution in [0.4, 0.5) is 11.5 Å². The first kappa shape index (κ1) is 24.1. The smallest absolute Gasteiger partial charge is 0.257 e. The van der Waals surface area contributed by atoms with Crippen LogP contribution in [0.25, 0.3) is 33.5 Å². The lowest BCUT2D eigenvalue weighted by Crippen LogP contribution is -2.14. The molecule has 0 unspecified atom stereocenters. The number of nitrogens with zero attached hydrogens (tertiary/aromatic N) is 6. The van der Waals surface area contributed by atoms with Gasteiger partial charge in [-0.3, -0.25) is 14.6 Å². The van der Waals surface area contributed by atoms with E-state index in [-0.39, 0.29) is 23.2 Å². The fourth-order valence-electron chi connectivity index (χ4n) is 3.74. The molecule has 0 atom stereocenters. The molecule has 12 heteroatoms. The van der Waals surface area contributed by atoms with Gasteiger partial charge in [-0.2, -0.15) is 5.10 Å². The molecule has 0 amide bonds. The Labute approximate surface area is 213 Å². The predicted octanol–water partition coefficient (Wildman–Crippen LogP) is 2.96. The third-order valence-electron chi connectivity index (χ3n) is 5.53. The Bertz CT molecular complexity index is 1700. The molecule has 0 aliphatic carbocycles. The summed E-state index contributed by atoms with van der Waals surface area (Å²) in [5, 5.41) is 8.53. The van der Waals surface area contributed by atoms with Crippen LogP contribution >= 0.6 is 0 Å². The highest BCUT2D eigenvalue weighted by Crippen LogP contribution is 2.33. The van der Waals surface area contributed by atoms with Crippen LogP contribution in [-0.2, 0) is 16.9 Å². The molecule has 4 heterocycles. The summed E-state index contributed by atoms with van der Waals surface area (Å²) in [6, 6.07) is 13.1. The zero-order valence-corrected chi connectivity index (χ0v) is 21.0. The minimum atomic E-state index is -3.35. The molecule has 0 aliphatic rings. The van der Waals surface area contributed by atoms with Crippen molar-refractivity contribution < 1.29 is 13.2 Å². The van der Waals surface area contributed by atoms with Gasteiger partial charge >= 0.3 is 0 Å². The summed E-state index contributed by atoms with van der Waals surface area (Å²) >= 11 is 0. The van der Waals surface area contributed by atoms with Gasteiger partial charge in [-0.25, -0.2) is 18.4 Å². The lowest BCUT2D eigenvalue weighted by atomic mass is 10.0. The van der Waals surface area contributed by atoms with Gasteiger partial charge in [-0.05, 0) is 30.3 Å². The monoisotopic (exact) mass is 516 g/mol. The Balaban J connectivity index is 1.41. The molecule has 5 rings (SSSR count). The van der Waals surface area contributed by atoms with Gasteiger partial charge in [0.1, 0.15) is 23.7 Å². The molecule has 0 aliphatic heterocycles. The first-order valence-corrected chi connectivity index (χ1v) is 13.2. The van der Waals surface area contributed by atoms with E-state index in [1.54, 1.807) is 10.9 Å². The van der Waals surface area contributed by atoms with Crippen molar-refractivity contribution in [1.82, 2.24) is 29.7 Å². The van der Waals surface area contributed by atoms with Gasteiger partial charge in [0.2, 0.25) is 0 Å². The number of hydrogen-bond acceptors (Lipinski definition) is 10. The van der Waals surface area contributed by atoms with E-state index in [0.29, 0.717) is 29.3 Å². The number of ether oxygens (including phenoxy) is 1. The molecule has 11 nitrogen and oxygen atoms in total. The Morgan fingerprint density at radius 2 is 1.95 bits per heavy atom. The lowest BCUT2D eigenvalue weighted by molar-refractivity contribution is 0.321. The number of aryl methyl sites for hydroxylation is 1. The van der Waals surface area contributed by atoms with E-state index in [1.165, 1.54) is 18.5 Å². The van der Waals surface area contributed by atoms with Crippen molar-refractivity contribution in [3.63, 3.8) is 0 Å². The number of benzene rings is 1. The van der Waals surface area contributed by atoms with E-state index in [1.807, 2.05) is 49.6 Å². The van der Waals surface area contributed by atoms with E-state index in [2.05, 4.69) is 25.4 Å². The highest BCUT2D eigenvalue weighted by molar-refractivity contribution is 7.90. The summed E-state index contributed by atoms with van der Waals surface area (Å²) in [5.74, 6) is 0.318. The minimum absolute atomic E-state index is 0.132. The van der Waals surface area contributed by atoms with Crippen molar-refractivity contribution >= 4 is 32.2 Å². The molecule has 0 saturated heterocycles. The highest BCUT2D eigenvalue weighted by Gasteiger charge is 2.19. The third kappa shape index (κ3) is 5.33. The Morgan fingerprint density at radius 1 is 1.08 bits per heavy atom. The van der Waals surface area contributed by atoms with Crippen LogP contribution in [0.2, 0.25) is 0 Å². The summed E-state index contributed by atoms with van der Waals surface area (Å²) in [4.78, 5) is 17.8. The molecular formula is C25H24N8O3S. The molecular weight excluding hydrogens is 492 g/mol. The quantitative estimate of drug-likeness (QED) is 0.295. The molecule has 37 heavy (non-hydrogen) atoms. The molecule has 0 spiro atoms. The van der Waals surface area contributed by atoms with Crippen LogP contribution in [0.3, 0.4) is 0 Å². The number of nitrogens with two attached hydrogens (primary N) is 1. The maximum absolute atomic E-state index is 11.8. The molecule has 3 N–H and O–H groups in total. The van der Waals surface area contributed by atoms with Crippen LogP contribution in [-0.4, -0.2) is 57.5 Å². The van der Waals surface area contributed by atoms with Crippen molar-refractivity contribution in [3.8, 4) is 28.5 Å². The Hall–Kier alpha value is -4.58. The second-order valence-electron chi connectivity index (χ2n) is 8.35. The normalized spacial score (nSPS) is 11.5. The van der Waals surface area contributed by atoms with Gasteiger partial charge in [-0.15, -0.1) is 0 Å². The second kappa shape index (κ2) is 9.82. The summed E-state index contributed by atoms with van der Waals surface area (Å²) in [7, 11) is -1.53. The van der Waals surface area contributed by atoms with E-state index in [9.17, 15) is 8.42 Å².